The summed E-state index contributed by atoms with van der Waals surface area (Å²) in [5.41, 5.74) is 5.45. The molecule has 0 bridgehead atoms. The van der Waals surface area contributed by atoms with Crippen LogP contribution in [0.3, 0.4) is 0 Å². The summed E-state index contributed by atoms with van der Waals surface area (Å²) in [5, 5.41) is 0. The topological polar surface area (TPSA) is 55.5 Å². The molecule has 0 aromatic rings. The van der Waals surface area contributed by atoms with Crippen molar-refractivity contribution in [2.24, 2.45) is 10.7 Å². The maximum Gasteiger partial charge on any atom is 0.153 e. The summed E-state index contributed by atoms with van der Waals surface area (Å²) in [6.45, 7) is 2.56. The largest absolute Gasteiger partial charge is 0.404 e. The highest BCUT2D eigenvalue weighted by Gasteiger charge is 1.83. The van der Waals surface area contributed by atoms with Gasteiger partial charge in [-0.2, -0.15) is 0 Å². The summed E-state index contributed by atoms with van der Waals surface area (Å²) in [4.78, 5) is 13.8. The summed E-state index contributed by atoms with van der Waals surface area (Å²) in [5.74, 6) is 0. The van der Waals surface area contributed by atoms with Crippen molar-refractivity contribution in [3.05, 3.63) is 11.8 Å². The first-order chi connectivity index (χ1) is 4.35. The first kappa shape index (κ1) is 7.88. The van der Waals surface area contributed by atoms with Gasteiger partial charge in [0.25, 0.3) is 0 Å². The highest BCUT2D eigenvalue weighted by molar-refractivity contribution is 6.01. The lowest BCUT2D eigenvalue weighted by Gasteiger charge is -1.83. The molecule has 50 valence electrons. The van der Waals surface area contributed by atoms with Crippen LogP contribution in [0.5, 0.6) is 0 Å². The van der Waals surface area contributed by atoms with Gasteiger partial charge in [0.05, 0.1) is 0 Å². The molecule has 0 atom stereocenters. The Morgan fingerprint density at radius 3 is 2.78 bits per heavy atom. The molecule has 2 N–H and O–H groups in total. The number of carbonyl (C=O) groups is 1. The summed E-state index contributed by atoms with van der Waals surface area (Å²) >= 11 is 0. The zero-order valence-corrected chi connectivity index (χ0v) is 5.37. The van der Waals surface area contributed by atoms with Crippen LogP contribution < -0.4 is 5.73 Å². The Hall–Kier alpha value is -1.12. The molecular weight excluding hydrogens is 116 g/mol. The van der Waals surface area contributed by atoms with Gasteiger partial charge in [-0.25, -0.2) is 0 Å². The van der Waals surface area contributed by atoms with Crippen LogP contribution >= 0.6 is 0 Å². The van der Waals surface area contributed by atoms with E-state index in [9.17, 15) is 4.79 Å². The average molecular weight is 126 g/mol. The Morgan fingerprint density at radius 2 is 2.44 bits per heavy atom. The van der Waals surface area contributed by atoms with Crippen molar-refractivity contribution < 1.29 is 4.79 Å². The molecule has 0 fully saturated rings. The Balaban J connectivity index is 3.84. The summed E-state index contributed by atoms with van der Waals surface area (Å²) in [6, 6.07) is 0. The van der Waals surface area contributed by atoms with Crippen LogP contribution in [0.2, 0.25) is 0 Å². The smallest absolute Gasteiger partial charge is 0.153 e. The second kappa shape index (κ2) is 5.03. The van der Waals surface area contributed by atoms with Crippen molar-refractivity contribution in [1.29, 1.82) is 0 Å². The van der Waals surface area contributed by atoms with Gasteiger partial charge in [0.2, 0.25) is 0 Å². The van der Waals surface area contributed by atoms with Crippen molar-refractivity contribution in [1.82, 2.24) is 0 Å². The predicted octanol–water partition coefficient (Wildman–Crippen LogP) is 0.119. The van der Waals surface area contributed by atoms with Gasteiger partial charge in [-0.1, -0.05) is 0 Å². The van der Waals surface area contributed by atoms with E-state index in [4.69, 9.17) is 5.73 Å². The standard InChI is InChI=1S/C6H10N2O/c1-2-8-4-6(3-7)5-9/h3-5H,2,7H2,1H3. The highest BCUT2D eigenvalue weighted by atomic mass is 16.1. The lowest BCUT2D eigenvalue weighted by atomic mass is 10.3. The number of carbonyl (C=O) groups excluding carboxylic acids is 1. The Morgan fingerprint density at radius 1 is 1.78 bits per heavy atom. The number of allylic oxidation sites excluding steroid dienone is 1. The van der Waals surface area contributed by atoms with Crippen molar-refractivity contribution in [3.63, 3.8) is 0 Å². The normalized spacial score (nSPS) is 12.3. The zero-order chi connectivity index (χ0) is 7.11. The number of aldehydes is 1. The quantitative estimate of drug-likeness (QED) is 0.331. The molecule has 0 spiro atoms. The molecule has 0 aliphatic heterocycles. The molecule has 9 heavy (non-hydrogen) atoms. The van der Waals surface area contributed by atoms with Crippen LogP contribution in [-0.4, -0.2) is 19.0 Å². The second-order valence-corrected chi connectivity index (χ2v) is 1.41. The molecule has 0 aromatic heterocycles. The van der Waals surface area contributed by atoms with Gasteiger partial charge in [-0.15, -0.1) is 0 Å². The molecule has 3 nitrogen and oxygen atoms in total. The SMILES string of the molecule is CCN=CC(C=O)=CN. The number of rotatable bonds is 3. The van der Waals surface area contributed by atoms with Gasteiger partial charge < -0.3 is 5.73 Å². The third kappa shape index (κ3) is 3.46. The van der Waals surface area contributed by atoms with Gasteiger partial charge in [0, 0.05) is 24.5 Å². The van der Waals surface area contributed by atoms with Crippen molar-refractivity contribution in [2.45, 2.75) is 6.92 Å². The van der Waals surface area contributed by atoms with E-state index in [0.29, 0.717) is 18.4 Å². The molecule has 0 rings (SSSR count). The lowest BCUT2D eigenvalue weighted by Crippen LogP contribution is -1.91. The highest BCUT2D eigenvalue weighted by Crippen LogP contribution is 1.78. The van der Waals surface area contributed by atoms with E-state index in [1.165, 1.54) is 12.4 Å². The van der Waals surface area contributed by atoms with Crippen molar-refractivity contribution in [2.75, 3.05) is 6.54 Å². The van der Waals surface area contributed by atoms with E-state index < -0.39 is 0 Å². The molecule has 0 amide bonds. The Kier molecular flexibility index (Phi) is 4.40. The molecular formula is C6H10N2O. The molecule has 0 saturated heterocycles. The van der Waals surface area contributed by atoms with Crippen molar-refractivity contribution in [3.8, 4) is 0 Å². The molecule has 0 aliphatic carbocycles. The van der Waals surface area contributed by atoms with Crippen LogP contribution in [0.25, 0.3) is 0 Å². The van der Waals surface area contributed by atoms with Crippen LogP contribution in [-0.2, 0) is 4.79 Å². The van der Waals surface area contributed by atoms with Crippen LogP contribution in [0.4, 0.5) is 0 Å². The first-order valence-electron chi connectivity index (χ1n) is 2.72. The van der Waals surface area contributed by atoms with E-state index >= 15 is 0 Å². The predicted molar refractivity (Wildman–Crippen MR) is 37.4 cm³/mol. The summed E-state index contributed by atoms with van der Waals surface area (Å²) in [7, 11) is 0. The molecule has 0 radical (unpaired) electrons. The fraction of sp³-hybridized carbons (Fsp3) is 0.333. The monoisotopic (exact) mass is 126 g/mol. The fourth-order valence-electron chi connectivity index (χ4n) is 0.309. The van der Waals surface area contributed by atoms with Gasteiger partial charge in [0.1, 0.15) is 0 Å². The number of hydrogen-bond donors (Lipinski definition) is 1. The number of nitrogens with two attached hydrogens (primary N) is 1. The molecule has 0 unspecified atom stereocenters. The minimum absolute atomic E-state index is 0.414. The van der Waals surface area contributed by atoms with E-state index in [0.717, 1.165) is 0 Å². The summed E-state index contributed by atoms with van der Waals surface area (Å²) < 4.78 is 0. The van der Waals surface area contributed by atoms with Crippen LogP contribution in [0.1, 0.15) is 6.92 Å². The molecule has 0 aliphatic rings. The Bertz CT molecular complexity index is 138. The van der Waals surface area contributed by atoms with Crippen LogP contribution in [0.15, 0.2) is 16.8 Å². The average Bonchev–Trinajstić information content (AvgIpc) is 1.91. The minimum Gasteiger partial charge on any atom is -0.404 e. The van der Waals surface area contributed by atoms with E-state index in [-0.39, 0.29) is 0 Å². The minimum atomic E-state index is 0.414. The third-order valence-corrected chi connectivity index (χ3v) is 0.751. The molecule has 3 heteroatoms. The zero-order valence-electron chi connectivity index (χ0n) is 5.37. The van der Waals surface area contributed by atoms with Gasteiger partial charge in [-0.05, 0) is 6.92 Å². The number of aliphatic imine (C=N–C) groups is 1. The summed E-state index contributed by atoms with van der Waals surface area (Å²) in [6.07, 6.45) is 3.35. The first-order valence-corrected chi connectivity index (χ1v) is 2.72. The van der Waals surface area contributed by atoms with Crippen LogP contribution in [0, 0.1) is 0 Å². The molecule has 0 saturated carbocycles. The van der Waals surface area contributed by atoms with Crippen molar-refractivity contribution >= 4 is 12.5 Å². The third-order valence-electron chi connectivity index (χ3n) is 0.751. The van der Waals surface area contributed by atoms with E-state index in [2.05, 4.69) is 4.99 Å². The molecule has 0 heterocycles. The fourth-order valence-corrected chi connectivity index (χ4v) is 0.309. The maximum atomic E-state index is 10.0. The number of hydrogen-bond acceptors (Lipinski definition) is 3. The van der Waals surface area contributed by atoms with Gasteiger partial charge >= 0.3 is 0 Å². The van der Waals surface area contributed by atoms with Gasteiger partial charge in [-0.3, -0.25) is 9.79 Å². The number of nitrogens with zero attached hydrogens (tertiary/aromatic N) is 1. The lowest BCUT2D eigenvalue weighted by molar-refractivity contribution is -0.104. The molecule has 0 aromatic carbocycles. The maximum absolute atomic E-state index is 10.0. The second-order valence-electron chi connectivity index (χ2n) is 1.41. The van der Waals surface area contributed by atoms with E-state index in [1.807, 2.05) is 6.92 Å². The van der Waals surface area contributed by atoms with Gasteiger partial charge in [0.15, 0.2) is 6.29 Å². The Labute approximate surface area is 54.3 Å². The van der Waals surface area contributed by atoms with E-state index in [1.54, 1.807) is 0 Å².